The largest absolute Gasteiger partial charge is 0.378 e. The van der Waals surface area contributed by atoms with Crippen LogP contribution in [0.5, 0.6) is 0 Å². The summed E-state index contributed by atoms with van der Waals surface area (Å²) in [6.07, 6.45) is 0. The van der Waals surface area contributed by atoms with Crippen LogP contribution < -0.4 is 10.2 Å². The van der Waals surface area contributed by atoms with E-state index in [0.717, 1.165) is 66.4 Å². The number of carbonyl (C=O) groups excluding carboxylic acids is 1. The SMILES string of the molecule is Cc1nc(SCc2ccc(C(=O)NCCN(C)C)cc2)nc(N2CCOCC2)c1C. The third kappa shape index (κ3) is 6.17. The number of hydrogen-bond donors (Lipinski definition) is 1. The molecule has 1 amide bonds. The summed E-state index contributed by atoms with van der Waals surface area (Å²) in [4.78, 5) is 26.0. The van der Waals surface area contributed by atoms with Crippen molar-refractivity contribution in [3.8, 4) is 0 Å². The lowest BCUT2D eigenvalue weighted by molar-refractivity contribution is 0.0951. The Balaban J connectivity index is 1.60. The molecule has 0 unspecified atom stereocenters. The molecule has 1 aliphatic rings. The zero-order chi connectivity index (χ0) is 21.5. The highest BCUT2D eigenvalue weighted by Crippen LogP contribution is 2.26. The van der Waals surface area contributed by atoms with E-state index < -0.39 is 0 Å². The first kappa shape index (κ1) is 22.5. The minimum Gasteiger partial charge on any atom is -0.378 e. The summed E-state index contributed by atoms with van der Waals surface area (Å²) in [5.74, 6) is 1.73. The Kier molecular flexibility index (Phi) is 8.07. The third-order valence-corrected chi connectivity index (χ3v) is 6.00. The van der Waals surface area contributed by atoms with Crippen molar-refractivity contribution in [2.24, 2.45) is 0 Å². The number of benzene rings is 1. The van der Waals surface area contributed by atoms with Gasteiger partial charge < -0.3 is 19.9 Å². The van der Waals surface area contributed by atoms with Crippen molar-refractivity contribution in [1.29, 1.82) is 0 Å². The molecule has 0 atom stereocenters. The number of hydrogen-bond acceptors (Lipinski definition) is 7. The van der Waals surface area contributed by atoms with Gasteiger partial charge in [0.1, 0.15) is 5.82 Å². The molecule has 0 radical (unpaired) electrons. The Hall–Kier alpha value is -2.16. The third-order valence-electron chi connectivity index (χ3n) is 5.08. The second-order valence-electron chi connectivity index (χ2n) is 7.68. The second-order valence-corrected chi connectivity index (χ2v) is 8.63. The number of aryl methyl sites for hydroxylation is 1. The lowest BCUT2D eigenvalue weighted by Crippen LogP contribution is -2.37. The highest BCUT2D eigenvalue weighted by Gasteiger charge is 2.18. The molecule has 30 heavy (non-hydrogen) atoms. The van der Waals surface area contributed by atoms with Gasteiger partial charge in [0, 0.05) is 48.8 Å². The number of nitrogens with one attached hydrogen (secondary N) is 1. The summed E-state index contributed by atoms with van der Waals surface area (Å²) in [5, 5.41) is 3.72. The summed E-state index contributed by atoms with van der Waals surface area (Å²) < 4.78 is 5.46. The smallest absolute Gasteiger partial charge is 0.251 e. The van der Waals surface area contributed by atoms with Gasteiger partial charge in [-0.2, -0.15) is 0 Å². The summed E-state index contributed by atoms with van der Waals surface area (Å²) in [6.45, 7) is 8.77. The molecule has 1 fully saturated rings. The maximum absolute atomic E-state index is 12.2. The van der Waals surface area contributed by atoms with Crippen LogP contribution >= 0.6 is 11.8 Å². The van der Waals surface area contributed by atoms with Crippen molar-refractivity contribution in [2.75, 3.05) is 58.4 Å². The topological polar surface area (TPSA) is 70.6 Å². The van der Waals surface area contributed by atoms with E-state index in [1.165, 1.54) is 0 Å². The molecular formula is C22H31N5O2S. The van der Waals surface area contributed by atoms with Crippen LogP contribution in [0.1, 0.15) is 27.2 Å². The minimum absolute atomic E-state index is 0.0382. The van der Waals surface area contributed by atoms with Crippen molar-refractivity contribution in [1.82, 2.24) is 20.2 Å². The molecule has 1 saturated heterocycles. The van der Waals surface area contributed by atoms with Gasteiger partial charge in [-0.25, -0.2) is 9.97 Å². The van der Waals surface area contributed by atoms with Gasteiger partial charge in [0.15, 0.2) is 5.16 Å². The maximum Gasteiger partial charge on any atom is 0.251 e. The van der Waals surface area contributed by atoms with Crippen LogP contribution in [0.3, 0.4) is 0 Å². The molecule has 1 aromatic heterocycles. The van der Waals surface area contributed by atoms with Crippen LogP contribution in [0.15, 0.2) is 29.4 Å². The lowest BCUT2D eigenvalue weighted by atomic mass is 10.1. The van der Waals surface area contributed by atoms with Crippen molar-refractivity contribution >= 4 is 23.5 Å². The number of carbonyl (C=O) groups is 1. The molecule has 0 saturated carbocycles. The normalized spacial score (nSPS) is 14.2. The van der Waals surface area contributed by atoms with Gasteiger partial charge in [-0.3, -0.25) is 4.79 Å². The van der Waals surface area contributed by atoms with Gasteiger partial charge >= 0.3 is 0 Å². The maximum atomic E-state index is 12.2. The van der Waals surface area contributed by atoms with Crippen molar-refractivity contribution in [3.05, 3.63) is 46.6 Å². The number of anilines is 1. The van der Waals surface area contributed by atoms with Crippen LogP contribution in [-0.4, -0.2) is 74.3 Å². The molecule has 1 aromatic carbocycles. The number of ether oxygens (including phenoxy) is 1. The first-order chi connectivity index (χ1) is 14.4. The van der Waals surface area contributed by atoms with E-state index >= 15 is 0 Å². The Bertz CT molecular complexity index is 851. The van der Waals surface area contributed by atoms with Gasteiger partial charge in [0.05, 0.1) is 13.2 Å². The lowest BCUT2D eigenvalue weighted by Gasteiger charge is -2.29. The fraction of sp³-hybridized carbons (Fsp3) is 0.500. The molecule has 7 nitrogen and oxygen atoms in total. The Morgan fingerprint density at radius 1 is 1.17 bits per heavy atom. The van der Waals surface area contributed by atoms with E-state index in [0.29, 0.717) is 12.1 Å². The van der Waals surface area contributed by atoms with E-state index in [1.807, 2.05) is 50.2 Å². The van der Waals surface area contributed by atoms with E-state index in [1.54, 1.807) is 11.8 Å². The second kappa shape index (κ2) is 10.7. The number of nitrogens with zero attached hydrogens (tertiary/aromatic N) is 4. The average molecular weight is 430 g/mol. The van der Waals surface area contributed by atoms with Gasteiger partial charge in [-0.05, 0) is 45.6 Å². The molecule has 0 spiro atoms. The summed E-state index contributed by atoms with van der Waals surface area (Å²) >= 11 is 1.62. The highest BCUT2D eigenvalue weighted by atomic mass is 32.2. The molecule has 162 valence electrons. The summed E-state index contributed by atoms with van der Waals surface area (Å²) in [5.41, 5.74) is 3.96. The average Bonchev–Trinajstić information content (AvgIpc) is 2.75. The van der Waals surface area contributed by atoms with E-state index in [4.69, 9.17) is 9.72 Å². The molecule has 3 rings (SSSR count). The molecular weight excluding hydrogens is 398 g/mol. The molecule has 2 heterocycles. The van der Waals surface area contributed by atoms with Crippen molar-refractivity contribution in [3.63, 3.8) is 0 Å². The molecule has 1 aliphatic heterocycles. The summed E-state index contributed by atoms with van der Waals surface area (Å²) in [6, 6.07) is 7.75. The number of morpholine rings is 1. The Labute approximate surface area is 183 Å². The zero-order valence-corrected chi connectivity index (χ0v) is 19.1. The minimum atomic E-state index is -0.0382. The predicted octanol–water partition coefficient (Wildman–Crippen LogP) is 2.51. The number of aromatic nitrogens is 2. The Morgan fingerprint density at radius 3 is 2.53 bits per heavy atom. The van der Waals surface area contributed by atoms with Gasteiger partial charge in [-0.1, -0.05) is 23.9 Å². The van der Waals surface area contributed by atoms with Gasteiger partial charge in [0.25, 0.3) is 5.91 Å². The number of rotatable bonds is 8. The first-order valence-corrected chi connectivity index (χ1v) is 11.2. The molecule has 1 N–H and O–H groups in total. The molecule has 0 aliphatic carbocycles. The monoisotopic (exact) mass is 429 g/mol. The van der Waals surface area contributed by atoms with E-state index in [-0.39, 0.29) is 5.91 Å². The Morgan fingerprint density at radius 2 is 1.87 bits per heavy atom. The van der Waals surface area contributed by atoms with Crippen molar-refractivity contribution < 1.29 is 9.53 Å². The number of likely N-dealkylation sites (N-methyl/N-ethyl adjacent to an activating group) is 1. The number of amides is 1. The van der Waals surface area contributed by atoms with Crippen molar-refractivity contribution in [2.45, 2.75) is 24.8 Å². The molecule has 2 aromatic rings. The van der Waals surface area contributed by atoms with Crippen LogP contribution in [0.25, 0.3) is 0 Å². The summed E-state index contributed by atoms with van der Waals surface area (Å²) in [7, 11) is 3.98. The van der Waals surface area contributed by atoms with Crippen LogP contribution in [0.4, 0.5) is 5.82 Å². The number of thioether (sulfide) groups is 1. The fourth-order valence-electron chi connectivity index (χ4n) is 3.13. The van der Waals surface area contributed by atoms with Gasteiger partial charge in [0.2, 0.25) is 0 Å². The first-order valence-electron chi connectivity index (χ1n) is 10.3. The quantitative estimate of drug-likeness (QED) is 0.511. The highest BCUT2D eigenvalue weighted by molar-refractivity contribution is 7.98. The van der Waals surface area contributed by atoms with E-state index in [2.05, 4.69) is 22.1 Å². The fourth-order valence-corrected chi connectivity index (χ4v) is 3.97. The van der Waals surface area contributed by atoms with Crippen LogP contribution in [0.2, 0.25) is 0 Å². The van der Waals surface area contributed by atoms with Crippen LogP contribution in [-0.2, 0) is 10.5 Å². The predicted molar refractivity (Wildman–Crippen MR) is 121 cm³/mol. The molecule has 8 heteroatoms. The molecule has 0 bridgehead atoms. The van der Waals surface area contributed by atoms with Gasteiger partial charge in [-0.15, -0.1) is 0 Å². The van der Waals surface area contributed by atoms with E-state index in [9.17, 15) is 4.79 Å². The zero-order valence-electron chi connectivity index (χ0n) is 18.3. The standard InChI is InChI=1S/C22H31N5O2S/c1-16-17(2)24-22(25-20(16)27-11-13-29-14-12-27)30-15-18-5-7-19(8-6-18)21(28)23-9-10-26(3)4/h5-8H,9-15H2,1-4H3,(H,23,28). The van der Waals surface area contributed by atoms with Crippen LogP contribution in [0, 0.1) is 13.8 Å².